The fourth-order valence-electron chi connectivity index (χ4n) is 2.48. The second-order valence-corrected chi connectivity index (χ2v) is 5.35. The summed E-state index contributed by atoms with van der Waals surface area (Å²) in [5, 5.41) is 13.7. The van der Waals surface area contributed by atoms with Crippen molar-refractivity contribution in [3.63, 3.8) is 0 Å². The lowest BCUT2D eigenvalue weighted by Gasteiger charge is -2.30. The fourth-order valence-corrected chi connectivity index (χ4v) is 2.48. The van der Waals surface area contributed by atoms with Crippen LogP contribution >= 0.6 is 0 Å². The number of nitrogens with zero attached hydrogens (tertiary/aromatic N) is 2. The summed E-state index contributed by atoms with van der Waals surface area (Å²) in [4.78, 5) is 4.44. The van der Waals surface area contributed by atoms with Gasteiger partial charge in [0, 0.05) is 12.2 Å². The highest BCUT2D eigenvalue weighted by Gasteiger charge is 2.35. The van der Waals surface area contributed by atoms with Gasteiger partial charge < -0.3 is 19.1 Å². The molecule has 0 bridgehead atoms. The van der Waals surface area contributed by atoms with Gasteiger partial charge in [0.25, 0.3) is 5.89 Å². The molecule has 0 saturated carbocycles. The second-order valence-electron chi connectivity index (χ2n) is 5.35. The summed E-state index contributed by atoms with van der Waals surface area (Å²) in [6, 6.07) is 4.91. The van der Waals surface area contributed by atoms with Gasteiger partial charge >= 0.3 is 0 Å². The van der Waals surface area contributed by atoms with Gasteiger partial charge in [-0.1, -0.05) is 5.16 Å². The number of phenols is 1. The van der Waals surface area contributed by atoms with E-state index in [1.54, 1.807) is 12.1 Å². The molecule has 1 aromatic heterocycles. The average molecular weight is 290 g/mol. The number of methoxy groups -OCH3 is 1. The van der Waals surface area contributed by atoms with E-state index in [4.69, 9.17) is 14.0 Å². The number of phenolic OH excluding ortho intramolecular Hbond substituents is 1. The van der Waals surface area contributed by atoms with Crippen LogP contribution in [-0.2, 0) is 10.3 Å². The molecule has 21 heavy (non-hydrogen) atoms. The number of aromatic hydroxyl groups is 1. The molecule has 1 aliphatic heterocycles. The summed E-state index contributed by atoms with van der Waals surface area (Å²) >= 11 is 0. The van der Waals surface area contributed by atoms with E-state index in [1.165, 1.54) is 13.2 Å². The third-order valence-corrected chi connectivity index (χ3v) is 3.79. The van der Waals surface area contributed by atoms with Crippen LogP contribution in [0.1, 0.15) is 32.0 Å². The lowest BCUT2D eigenvalue weighted by molar-refractivity contribution is -0.0770. The third kappa shape index (κ3) is 2.58. The molecule has 112 valence electrons. The quantitative estimate of drug-likeness (QED) is 0.936. The first kappa shape index (κ1) is 13.9. The fraction of sp³-hybridized carbons (Fsp3) is 0.467. The second kappa shape index (κ2) is 5.37. The van der Waals surface area contributed by atoms with Crippen LogP contribution in [0, 0.1) is 0 Å². The zero-order valence-corrected chi connectivity index (χ0v) is 12.1. The maximum atomic E-state index is 9.62. The molecule has 2 aromatic rings. The molecule has 0 spiro atoms. The summed E-state index contributed by atoms with van der Waals surface area (Å²) < 4.78 is 16.2. The highest BCUT2D eigenvalue weighted by molar-refractivity contribution is 5.59. The van der Waals surface area contributed by atoms with Gasteiger partial charge in [0.05, 0.1) is 7.11 Å². The van der Waals surface area contributed by atoms with E-state index >= 15 is 0 Å². The van der Waals surface area contributed by atoms with Crippen LogP contribution in [0.25, 0.3) is 11.5 Å². The molecule has 1 aromatic carbocycles. The maximum absolute atomic E-state index is 9.62. The van der Waals surface area contributed by atoms with Crippen LogP contribution in [0.3, 0.4) is 0 Å². The Hall–Kier alpha value is -2.08. The predicted octanol–water partition coefficient (Wildman–Crippen LogP) is 2.87. The van der Waals surface area contributed by atoms with Gasteiger partial charge in [0.2, 0.25) is 5.82 Å². The first-order valence-electron chi connectivity index (χ1n) is 6.98. The lowest BCUT2D eigenvalue weighted by atomic mass is 9.95. The van der Waals surface area contributed by atoms with Crippen molar-refractivity contribution in [3.05, 3.63) is 24.0 Å². The number of rotatable bonds is 3. The Balaban J connectivity index is 1.91. The minimum absolute atomic E-state index is 0.0727. The standard InChI is InChI=1S/C15H18N2O4/c1-15(7-3-4-8-20-15)14-16-13(21-17-14)10-5-6-11(18)12(9-10)19-2/h5-6,9,18H,3-4,7-8H2,1-2H3. The van der Waals surface area contributed by atoms with E-state index in [2.05, 4.69) is 10.1 Å². The van der Waals surface area contributed by atoms with E-state index in [9.17, 15) is 5.11 Å². The summed E-state index contributed by atoms with van der Waals surface area (Å²) in [5.41, 5.74) is 0.212. The molecule has 1 aliphatic rings. The Morgan fingerprint density at radius 1 is 1.33 bits per heavy atom. The predicted molar refractivity (Wildman–Crippen MR) is 75.1 cm³/mol. The Labute approximate surface area is 122 Å². The molecule has 1 N–H and O–H groups in total. The molecule has 1 unspecified atom stereocenters. The molecular formula is C15H18N2O4. The van der Waals surface area contributed by atoms with Crippen molar-refractivity contribution >= 4 is 0 Å². The molecule has 3 rings (SSSR count). The van der Waals surface area contributed by atoms with Crippen LogP contribution in [0.4, 0.5) is 0 Å². The monoisotopic (exact) mass is 290 g/mol. The van der Waals surface area contributed by atoms with E-state index in [0.29, 0.717) is 29.6 Å². The van der Waals surface area contributed by atoms with Gasteiger partial charge in [0.1, 0.15) is 5.60 Å². The molecule has 2 heterocycles. The van der Waals surface area contributed by atoms with Crippen molar-refractivity contribution in [3.8, 4) is 23.0 Å². The van der Waals surface area contributed by atoms with Crippen molar-refractivity contribution in [1.82, 2.24) is 10.1 Å². The number of hydrogen-bond acceptors (Lipinski definition) is 6. The SMILES string of the molecule is COc1cc(-c2nc(C3(C)CCCCO3)no2)ccc1O. The van der Waals surface area contributed by atoms with Crippen LogP contribution in [0.5, 0.6) is 11.5 Å². The number of aromatic nitrogens is 2. The Kier molecular flexibility index (Phi) is 3.55. The third-order valence-electron chi connectivity index (χ3n) is 3.79. The van der Waals surface area contributed by atoms with Crippen LogP contribution in [-0.4, -0.2) is 29.0 Å². The highest BCUT2D eigenvalue weighted by Crippen LogP contribution is 2.35. The summed E-state index contributed by atoms with van der Waals surface area (Å²) in [6.45, 7) is 2.70. The van der Waals surface area contributed by atoms with Crippen molar-refractivity contribution in [2.45, 2.75) is 31.8 Å². The van der Waals surface area contributed by atoms with Crippen LogP contribution in [0.15, 0.2) is 22.7 Å². The molecule has 6 heteroatoms. The van der Waals surface area contributed by atoms with Crippen molar-refractivity contribution in [2.24, 2.45) is 0 Å². The minimum Gasteiger partial charge on any atom is -0.504 e. The maximum Gasteiger partial charge on any atom is 0.258 e. The largest absolute Gasteiger partial charge is 0.504 e. The Morgan fingerprint density at radius 3 is 2.90 bits per heavy atom. The molecular weight excluding hydrogens is 272 g/mol. The van der Waals surface area contributed by atoms with Gasteiger partial charge in [-0.15, -0.1) is 0 Å². The van der Waals surface area contributed by atoms with Gasteiger partial charge in [-0.3, -0.25) is 0 Å². The van der Waals surface area contributed by atoms with Gasteiger partial charge in [-0.25, -0.2) is 0 Å². The van der Waals surface area contributed by atoms with E-state index in [1.807, 2.05) is 6.92 Å². The van der Waals surface area contributed by atoms with E-state index in [0.717, 1.165) is 19.3 Å². The number of ether oxygens (including phenoxy) is 2. The molecule has 1 fully saturated rings. The average Bonchev–Trinajstić information content (AvgIpc) is 2.99. The van der Waals surface area contributed by atoms with Crippen molar-refractivity contribution < 1.29 is 19.1 Å². The first-order chi connectivity index (χ1) is 10.1. The van der Waals surface area contributed by atoms with Crippen LogP contribution < -0.4 is 4.74 Å². The van der Waals surface area contributed by atoms with Gasteiger partial charge in [0.15, 0.2) is 11.5 Å². The van der Waals surface area contributed by atoms with Gasteiger partial charge in [-0.05, 0) is 44.4 Å². The first-order valence-corrected chi connectivity index (χ1v) is 6.98. The highest BCUT2D eigenvalue weighted by atomic mass is 16.5. The normalized spacial score (nSPS) is 22.2. The zero-order chi connectivity index (χ0) is 14.9. The van der Waals surface area contributed by atoms with Crippen molar-refractivity contribution in [1.29, 1.82) is 0 Å². The lowest BCUT2D eigenvalue weighted by Crippen LogP contribution is -2.31. The topological polar surface area (TPSA) is 77.6 Å². The Bertz CT molecular complexity index is 632. The molecule has 1 atom stereocenters. The van der Waals surface area contributed by atoms with E-state index in [-0.39, 0.29) is 5.75 Å². The molecule has 0 aliphatic carbocycles. The van der Waals surface area contributed by atoms with E-state index < -0.39 is 5.60 Å². The minimum atomic E-state index is -0.485. The summed E-state index contributed by atoms with van der Waals surface area (Å²) in [7, 11) is 1.50. The smallest absolute Gasteiger partial charge is 0.258 e. The van der Waals surface area contributed by atoms with Crippen LogP contribution in [0.2, 0.25) is 0 Å². The molecule has 1 saturated heterocycles. The number of hydrogen-bond donors (Lipinski definition) is 1. The summed E-state index contributed by atoms with van der Waals surface area (Å²) in [5.74, 6) is 1.39. The summed E-state index contributed by atoms with van der Waals surface area (Å²) in [6.07, 6.45) is 3.04. The molecule has 0 radical (unpaired) electrons. The molecule has 6 nitrogen and oxygen atoms in total. The zero-order valence-electron chi connectivity index (χ0n) is 12.1. The Morgan fingerprint density at radius 2 is 2.19 bits per heavy atom. The van der Waals surface area contributed by atoms with Crippen molar-refractivity contribution in [2.75, 3.05) is 13.7 Å². The molecule has 0 amide bonds. The van der Waals surface area contributed by atoms with Gasteiger partial charge in [-0.2, -0.15) is 4.98 Å². The number of benzene rings is 1.